The number of hydrogen-bond acceptors (Lipinski definition) is 4. The van der Waals surface area contributed by atoms with Crippen LogP contribution in [0.15, 0.2) is 27.2 Å². The van der Waals surface area contributed by atoms with Crippen LogP contribution in [-0.2, 0) is 6.54 Å². The number of rotatable bonds is 3. The van der Waals surface area contributed by atoms with Crippen molar-refractivity contribution in [2.24, 2.45) is 0 Å². The van der Waals surface area contributed by atoms with Crippen molar-refractivity contribution in [2.75, 3.05) is 7.05 Å². The van der Waals surface area contributed by atoms with Gasteiger partial charge in [-0.3, -0.25) is 0 Å². The van der Waals surface area contributed by atoms with Gasteiger partial charge in [0.25, 0.3) is 5.89 Å². The molecule has 16 heavy (non-hydrogen) atoms. The molecule has 1 N–H and O–H groups in total. The number of aromatic nitrogens is 2. The van der Waals surface area contributed by atoms with E-state index in [1.165, 1.54) is 6.07 Å². The first kappa shape index (κ1) is 11.2. The van der Waals surface area contributed by atoms with Gasteiger partial charge in [-0.15, -0.1) is 0 Å². The van der Waals surface area contributed by atoms with E-state index in [2.05, 4.69) is 31.4 Å². The van der Waals surface area contributed by atoms with E-state index in [1.807, 2.05) is 0 Å². The van der Waals surface area contributed by atoms with Gasteiger partial charge in [0.2, 0.25) is 0 Å². The van der Waals surface area contributed by atoms with Crippen molar-refractivity contribution < 1.29 is 8.91 Å². The van der Waals surface area contributed by atoms with Crippen LogP contribution in [0.5, 0.6) is 0 Å². The van der Waals surface area contributed by atoms with Gasteiger partial charge in [-0.05, 0) is 25.2 Å². The van der Waals surface area contributed by atoms with Crippen molar-refractivity contribution in [3.63, 3.8) is 0 Å². The van der Waals surface area contributed by atoms with E-state index in [0.29, 0.717) is 17.9 Å². The molecule has 0 saturated carbocycles. The Morgan fingerprint density at radius 2 is 2.31 bits per heavy atom. The Balaban J connectivity index is 2.38. The van der Waals surface area contributed by atoms with E-state index in [-0.39, 0.29) is 11.7 Å². The van der Waals surface area contributed by atoms with Gasteiger partial charge in [-0.2, -0.15) is 4.98 Å². The number of halogens is 2. The highest BCUT2D eigenvalue weighted by molar-refractivity contribution is 9.10. The minimum atomic E-state index is -0.386. The van der Waals surface area contributed by atoms with Crippen LogP contribution in [0, 0.1) is 5.82 Å². The zero-order valence-corrected chi connectivity index (χ0v) is 10.1. The molecule has 0 amide bonds. The second-order valence-electron chi connectivity index (χ2n) is 3.17. The van der Waals surface area contributed by atoms with Gasteiger partial charge in [-0.25, -0.2) is 4.39 Å². The Labute approximate surface area is 100.0 Å². The SMILES string of the molecule is CNCc1noc(-c2cc(Br)ccc2F)n1. The van der Waals surface area contributed by atoms with Crippen molar-refractivity contribution in [3.05, 3.63) is 34.3 Å². The molecule has 0 fully saturated rings. The molecule has 0 aliphatic rings. The molecule has 1 aromatic carbocycles. The fourth-order valence-electron chi connectivity index (χ4n) is 1.25. The maximum Gasteiger partial charge on any atom is 0.260 e. The second kappa shape index (κ2) is 4.71. The molecule has 1 aromatic heterocycles. The minimum absolute atomic E-state index is 0.184. The van der Waals surface area contributed by atoms with Gasteiger partial charge in [0.05, 0.1) is 12.1 Å². The van der Waals surface area contributed by atoms with Gasteiger partial charge < -0.3 is 9.84 Å². The van der Waals surface area contributed by atoms with Crippen LogP contribution in [0.25, 0.3) is 11.5 Å². The van der Waals surface area contributed by atoms with Crippen LogP contribution in [0.1, 0.15) is 5.82 Å². The zero-order chi connectivity index (χ0) is 11.5. The normalized spacial score (nSPS) is 10.7. The summed E-state index contributed by atoms with van der Waals surface area (Å²) in [7, 11) is 1.77. The van der Waals surface area contributed by atoms with Crippen molar-refractivity contribution in [1.29, 1.82) is 0 Å². The lowest BCUT2D eigenvalue weighted by molar-refractivity contribution is 0.418. The molecule has 0 unspecified atom stereocenters. The second-order valence-corrected chi connectivity index (χ2v) is 4.09. The van der Waals surface area contributed by atoms with Gasteiger partial charge in [0, 0.05) is 4.47 Å². The van der Waals surface area contributed by atoms with Crippen molar-refractivity contribution in [1.82, 2.24) is 15.5 Å². The molecule has 0 aliphatic carbocycles. The van der Waals surface area contributed by atoms with E-state index in [9.17, 15) is 4.39 Å². The fraction of sp³-hybridized carbons (Fsp3) is 0.200. The first-order valence-corrected chi connectivity index (χ1v) is 5.42. The average Bonchev–Trinajstić information content (AvgIpc) is 2.71. The maximum atomic E-state index is 13.5. The molecule has 84 valence electrons. The van der Waals surface area contributed by atoms with Crippen LogP contribution in [0.4, 0.5) is 4.39 Å². The van der Waals surface area contributed by atoms with Gasteiger partial charge in [0.15, 0.2) is 5.82 Å². The topological polar surface area (TPSA) is 51.0 Å². The molecule has 2 rings (SSSR count). The smallest absolute Gasteiger partial charge is 0.260 e. The lowest BCUT2D eigenvalue weighted by atomic mass is 10.2. The summed E-state index contributed by atoms with van der Waals surface area (Å²) < 4.78 is 19.2. The van der Waals surface area contributed by atoms with E-state index in [0.717, 1.165) is 4.47 Å². The first-order chi connectivity index (χ1) is 7.70. The number of benzene rings is 1. The molecule has 0 atom stereocenters. The third kappa shape index (κ3) is 2.28. The van der Waals surface area contributed by atoms with E-state index in [4.69, 9.17) is 4.52 Å². The van der Waals surface area contributed by atoms with Crippen LogP contribution < -0.4 is 5.32 Å². The summed E-state index contributed by atoms with van der Waals surface area (Å²) in [5.41, 5.74) is 0.296. The fourth-order valence-corrected chi connectivity index (χ4v) is 1.62. The summed E-state index contributed by atoms with van der Waals surface area (Å²) in [5, 5.41) is 6.61. The molecule has 4 nitrogen and oxygen atoms in total. The van der Waals surface area contributed by atoms with Crippen LogP contribution in [-0.4, -0.2) is 17.2 Å². The molecule has 0 saturated heterocycles. The molecule has 0 spiro atoms. The van der Waals surface area contributed by atoms with E-state index in [1.54, 1.807) is 19.2 Å². The maximum absolute atomic E-state index is 13.5. The number of hydrogen-bond donors (Lipinski definition) is 1. The Kier molecular flexibility index (Phi) is 3.31. The summed E-state index contributed by atoms with van der Waals surface area (Å²) in [5.74, 6) is 0.295. The molecule has 0 aliphatic heterocycles. The van der Waals surface area contributed by atoms with Gasteiger partial charge >= 0.3 is 0 Å². The van der Waals surface area contributed by atoms with Crippen molar-refractivity contribution >= 4 is 15.9 Å². The predicted molar refractivity (Wildman–Crippen MR) is 60.2 cm³/mol. The third-order valence-electron chi connectivity index (χ3n) is 1.96. The van der Waals surface area contributed by atoms with E-state index >= 15 is 0 Å². The van der Waals surface area contributed by atoms with E-state index < -0.39 is 0 Å². The summed E-state index contributed by atoms with van der Waals surface area (Å²) in [4.78, 5) is 4.07. The Bertz CT molecular complexity index is 501. The lowest BCUT2D eigenvalue weighted by Crippen LogP contribution is -2.06. The van der Waals surface area contributed by atoms with Gasteiger partial charge in [-0.1, -0.05) is 21.1 Å². The summed E-state index contributed by atoms with van der Waals surface area (Å²) in [6.07, 6.45) is 0. The number of nitrogens with one attached hydrogen (secondary N) is 1. The highest BCUT2D eigenvalue weighted by atomic mass is 79.9. The molecule has 2 aromatic rings. The minimum Gasteiger partial charge on any atom is -0.334 e. The summed E-state index contributed by atoms with van der Waals surface area (Å²) >= 11 is 3.26. The van der Waals surface area contributed by atoms with Crippen molar-refractivity contribution in [3.8, 4) is 11.5 Å². The quantitative estimate of drug-likeness (QED) is 0.941. The average molecular weight is 286 g/mol. The molecule has 1 heterocycles. The number of nitrogens with zero attached hydrogens (tertiary/aromatic N) is 2. The standard InChI is InChI=1S/C10H9BrFN3O/c1-13-5-9-14-10(16-15-9)7-4-6(11)2-3-8(7)12/h2-4,13H,5H2,1H3. The molecular weight excluding hydrogens is 277 g/mol. The molecular formula is C10H9BrFN3O. The van der Waals surface area contributed by atoms with Crippen LogP contribution >= 0.6 is 15.9 Å². The predicted octanol–water partition coefficient (Wildman–Crippen LogP) is 2.36. The zero-order valence-electron chi connectivity index (χ0n) is 8.50. The summed E-state index contributed by atoms with van der Waals surface area (Å²) in [6, 6.07) is 4.57. The lowest BCUT2D eigenvalue weighted by Gasteiger charge is -1.97. The Morgan fingerprint density at radius 1 is 1.50 bits per heavy atom. The molecule has 0 bridgehead atoms. The Hall–Kier alpha value is -1.27. The van der Waals surface area contributed by atoms with Crippen LogP contribution in [0.2, 0.25) is 0 Å². The van der Waals surface area contributed by atoms with Crippen molar-refractivity contribution in [2.45, 2.75) is 6.54 Å². The molecule has 6 heteroatoms. The highest BCUT2D eigenvalue weighted by Crippen LogP contribution is 2.24. The Morgan fingerprint density at radius 3 is 3.06 bits per heavy atom. The van der Waals surface area contributed by atoms with Crippen LogP contribution in [0.3, 0.4) is 0 Å². The third-order valence-corrected chi connectivity index (χ3v) is 2.46. The monoisotopic (exact) mass is 285 g/mol. The largest absolute Gasteiger partial charge is 0.334 e. The molecule has 0 radical (unpaired) electrons. The first-order valence-electron chi connectivity index (χ1n) is 4.63. The summed E-state index contributed by atoms with van der Waals surface area (Å²) in [6.45, 7) is 0.485. The van der Waals surface area contributed by atoms with Gasteiger partial charge in [0.1, 0.15) is 5.82 Å². The highest BCUT2D eigenvalue weighted by Gasteiger charge is 2.13.